The summed E-state index contributed by atoms with van der Waals surface area (Å²) < 4.78 is 5.50. The van der Waals surface area contributed by atoms with Gasteiger partial charge in [-0.1, -0.05) is 0 Å². The van der Waals surface area contributed by atoms with Gasteiger partial charge in [0.05, 0.1) is 18.0 Å². The van der Waals surface area contributed by atoms with E-state index < -0.39 is 0 Å². The molecule has 0 aliphatic carbocycles. The lowest BCUT2D eigenvalue weighted by Gasteiger charge is -1.91. The average Bonchev–Trinajstić information content (AvgIpc) is 2.74. The predicted molar refractivity (Wildman–Crippen MR) is 51.6 cm³/mol. The van der Waals surface area contributed by atoms with Crippen molar-refractivity contribution in [3.05, 3.63) is 23.8 Å². The third-order valence-corrected chi connectivity index (χ3v) is 2.00. The Morgan fingerprint density at radius 2 is 2.36 bits per heavy atom. The highest BCUT2D eigenvalue weighted by Crippen LogP contribution is 2.20. The molecule has 2 aromatic rings. The van der Waals surface area contributed by atoms with Crippen molar-refractivity contribution in [2.45, 2.75) is 13.3 Å². The van der Waals surface area contributed by atoms with Crippen LogP contribution in [0, 0.1) is 6.92 Å². The van der Waals surface area contributed by atoms with Gasteiger partial charge in [0.15, 0.2) is 0 Å². The first-order valence-corrected chi connectivity index (χ1v) is 4.46. The topological polar surface area (TPSA) is 80.7 Å². The molecule has 0 radical (unpaired) electrons. The van der Waals surface area contributed by atoms with Crippen LogP contribution >= 0.6 is 0 Å². The fourth-order valence-electron chi connectivity index (χ4n) is 1.26. The van der Waals surface area contributed by atoms with Crippen LogP contribution in [0.3, 0.4) is 0 Å². The molecule has 5 nitrogen and oxygen atoms in total. The molecular formula is C9H12N4O. The molecule has 0 aliphatic heterocycles. The lowest BCUT2D eigenvalue weighted by molar-refractivity contribution is 0.519. The largest absolute Gasteiger partial charge is 0.441 e. The number of aromatic nitrogens is 3. The zero-order chi connectivity index (χ0) is 9.97. The van der Waals surface area contributed by atoms with Crippen LogP contribution in [0.2, 0.25) is 0 Å². The summed E-state index contributed by atoms with van der Waals surface area (Å²) in [6.45, 7) is 2.49. The molecule has 0 saturated heterocycles. The Morgan fingerprint density at radius 3 is 3.00 bits per heavy atom. The van der Waals surface area contributed by atoms with Gasteiger partial charge < -0.3 is 10.2 Å². The molecule has 0 spiro atoms. The third kappa shape index (κ3) is 1.54. The second kappa shape index (κ2) is 3.63. The molecule has 0 atom stereocenters. The van der Waals surface area contributed by atoms with Gasteiger partial charge in [-0.05, 0) is 13.5 Å². The van der Waals surface area contributed by atoms with Gasteiger partial charge in [0, 0.05) is 12.1 Å². The molecule has 74 valence electrons. The van der Waals surface area contributed by atoms with Gasteiger partial charge in [-0.15, -0.1) is 0 Å². The summed E-state index contributed by atoms with van der Waals surface area (Å²) in [7, 11) is 0. The molecule has 5 heteroatoms. The van der Waals surface area contributed by atoms with Crippen LogP contribution in [0.4, 0.5) is 0 Å². The van der Waals surface area contributed by atoms with E-state index in [1.165, 1.54) is 0 Å². The van der Waals surface area contributed by atoms with Crippen LogP contribution in [0.25, 0.3) is 11.5 Å². The van der Waals surface area contributed by atoms with Crippen molar-refractivity contribution in [1.29, 1.82) is 0 Å². The number of nitrogens with zero attached hydrogens (tertiary/aromatic N) is 2. The highest BCUT2D eigenvalue weighted by molar-refractivity contribution is 5.54. The second-order valence-electron chi connectivity index (χ2n) is 3.08. The summed E-state index contributed by atoms with van der Waals surface area (Å²) in [6.07, 6.45) is 4.12. The fourth-order valence-corrected chi connectivity index (χ4v) is 1.26. The Morgan fingerprint density at radius 1 is 1.50 bits per heavy atom. The summed E-state index contributed by atoms with van der Waals surface area (Å²) in [5, 5.41) is 6.74. The van der Waals surface area contributed by atoms with E-state index in [9.17, 15) is 0 Å². The van der Waals surface area contributed by atoms with Crippen molar-refractivity contribution in [1.82, 2.24) is 15.2 Å². The van der Waals surface area contributed by atoms with E-state index in [1.807, 2.05) is 6.92 Å². The van der Waals surface area contributed by atoms with E-state index >= 15 is 0 Å². The molecular weight excluding hydrogens is 180 g/mol. The molecule has 2 heterocycles. The van der Waals surface area contributed by atoms with Crippen molar-refractivity contribution < 1.29 is 4.42 Å². The number of aryl methyl sites for hydroxylation is 1. The highest BCUT2D eigenvalue weighted by Gasteiger charge is 2.09. The Balaban J connectivity index is 2.29. The number of H-pyrrole nitrogens is 1. The van der Waals surface area contributed by atoms with E-state index in [4.69, 9.17) is 10.2 Å². The molecule has 0 saturated carbocycles. The van der Waals surface area contributed by atoms with Crippen molar-refractivity contribution in [2.24, 2.45) is 5.73 Å². The van der Waals surface area contributed by atoms with Crippen LogP contribution in [0.15, 0.2) is 16.8 Å². The van der Waals surface area contributed by atoms with Crippen LogP contribution in [0.5, 0.6) is 0 Å². The van der Waals surface area contributed by atoms with E-state index in [0.717, 1.165) is 17.0 Å². The van der Waals surface area contributed by atoms with E-state index in [-0.39, 0.29) is 0 Å². The first kappa shape index (κ1) is 8.96. The lowest BCUT2D eigenvalue weighted by atomic mass is 10.3. The minimum atomic E-state index is 0.568. The molecule has 0 unspecified atom stereocenters. The zero-order valence-electron chi connectivity index (χ0n) is 7.95. The SMILES string of the molecule is Cc1[nH]ncc1-c1ncc(CCN)o1. The minimum absolute atomic E-state index is 0.568. The molecule has 0 bridgehead atoms. The van der Waals surface area contributed by atoms with Gasteiger partial charge in [0.25, 0.3) is 0 Å². The number of aromatic amines is 1. The van der Waals surface area contributed by atoms with Gasteiger partial charge in [0.2, 0.25) is 5.89 Å². The van der Waals surface area contributed by atoms with Crippen LogP contribution in [-0.4, -0.2) is 21.7 Å². The summed E-state index contributed by atoms with van der Waals surface area (Å²) in [4.78, 5) is 4.16. The van der Waals surface area contributed by atoms with Crippen molar-refractivity contribution >= 4 is 0 Å². The summed E-state index contributed by atoms with van der Waals surface area (Å²) in [5.41, 5.74) is 7.26. The highest BCUT2D eigenvalue weighted by atomic mass is 16.4. The summed E-state index contributed by atoms with van der Waals surface area (Å²) in [5.74, 6) is 1.41. The molecule has 0 fully saturated rings. The third-order valence-electron chi connectivity index (χ3n) is 2.00. The molecule has 0 aliphatic rings. The Hall–Kier alpha value is -1.62. The smallest absolute Gasteiger partial charge is 0.229 e. The van der Waals surface area contributed by atoms with Gasteiger partial charge in [-0.25, -0.2) is 4.98 Å². The first-order chi connectivity index (χ1) is 6.81. The maximum absolute atomic E-state index is 5.50. The monoisotopic (exact) mass is 192 g/mol. The number of hydrogen-bond acceptors (Lipinski definition) is 4. The van der Waals surface area contributed by atoms with Gasteiger partial charge in [0.1, 0.15) is 5.76 Å². The Labute approximate surface area is 81.3 Å². The Kier molecular flexibility index (Phi) is 2.32. The van der Waals surface area contributed by atoms with Crippen molar-refractivity contribution in [2.75, 3.05) is 6.54 Å². The molecule has 0 aromatic carbocycles. The maximum atomic E-state index is 5.50. The number of rotatable bonds is 3. The van der Waals surface area contributed by atoms with Crippen molar-refractivity contribution in [3.8, 4) is 11.5 Å². The maximum Gasteiger partial charge on any atom is 0.229 e. The molecule has 2 rings (SSSR count). The van der Waals surface area contributed by atoms with Gasteiger partial charge in [-0.3, -0.25) is 5.10 Å². The predicted octanol–water partition coefficient (Wildman–Crippen LogP) is 0.874. The summed E-state index contributed by atoms with van der Waals surface area (Å²) in [6, 6.07) is 0. The standard InChI is InChI=1S/C9H12N4O/c1-6-8(5-12-13-6)9-11-4-7(14-9)2-3-10/h4-5H,2-3,10H2,1H3,(H,12,13). The normalized spacial score (nSPS) is 10.7. The number of nitrogens with one attached hydrogen (secondary N) is 1. The van der Waals surface area contributed by atoms with Gasteiger partial charge >= 0.3 is 0 Å². The van der Waals surface area contributed by atoms with Crippen LogP contribution in [0.1, 0.15) is 11.5 Å². The minimum Gasteiger partial charge on any atom is -0.441 e. The van der Waals surface area contributed by atoms with E-state index in [2.05, 4.69) is 15.2 Å². The number of oxazole rings is 1. The fraction of sp³-hybridized carbons (Fsp3) is 0.333. The van der Waals surface area contributed by atoms with E-state index in [0.29, 0.717) is 18.9 Å². The van der Waals surface area contributed by atoms with Crippen LogP contribution in [-0.2, 0) is 6.42 Å². The lowest BCUT2D eigenvalue weighted by Crippen LogP contribution is -2.01. The second-order valence-corrected chi connectivity index (χ2v) is 3.08. The Bertz CT molecular complexity index is 418. The quantitative estimate of drug-likeness (QED) is 0.756. The average molecular weight is 192 g/mol. The van der Waals surface area contributed by atoms with Crippen molar-refractivity contribution in [3.63, 3.8) is 0 Å². The molecule has 3 N–H and O–H groups in total. The number of nitrogens with two attached hydrogens (primary N) is 1. The van der Waals surface area contributed by atoms with E-state index in [1.54, 1.807) is 12.4 Å². The molecule has 14 heavy (non-hydrogen) atoms. The van der Waals surface area contributed by atoms with Crippen LogP contribution < -0.4 is 5.73 Å². The zero-order valence-corrected chi connectivity index (χ0v) is 7.95. The molecule has 2 aromatic heterocycles. The number of hydrogen-bond donors (Lipinski definition) is 2. The first-order valence-electron chi connectivity index (χ1n) is 4.46. The van der Waals surface area contributed by atoms with Gasteiger partial charge in [-0.2, -0.15) is 5.10 Å². The molecule has 0 amide bonds. The summed E-state index contributed by atoms with van der Waals surface area (Å²) >= 11 is 0.